The fourth-order valence-corrected chi connectivity index (χ4v) is 3.08. The van der Waals surface area contributed by atoms with Gasteiger partial charge in [0.2, 0.25) is 0 Å². The van der Waals surface area contributed by atoms with Gasteiger partial charge in [-0.2, -0.15) is 0 Å². The largest absolute Gasteiger partial charge is 0.390 e. The lowest BCUT2D eigenvalue weighted by molar-refractivity contribution is 0.0584. The van der Waals surface area contributed by atoms with Crippen LogP contribution in [0.2, 0.25) is 0 Å². The quantitative estimate of drug-likeness (QED) is 0.670. The van der Waals surface area contributed by atoms with Gasteiger partial charge in [0.25, 0.3) is 0 Å². The standard InChI is InChI=1S/C14H28N2O3/c1-18-9-10-19-8-7-15-11-13(14(17)12-15)16-5-3-2-4-6-16/h13-14,17H,2-12H2,1H3/t13-,14-/m0/s1. The molecule has 0 unspecified atom stereocenters. The van der Waals surface area contributed by atoms with Gasteiger partial charge in [-0.15, -0.1) is 0 Å². The molecular weight excluding hydrogens is 244 g/mol. The number of methoxy groups -OCH3 is 1. The van der Waals surface area contributed by atoms with E-state index in [0.29, 0.717) is 19.3 Å². The summed E-state index contributed by atoms with van der Waals surface area (Å²) >= 11 is 0. The minimum absolute atomic E-state index is 0.197. The van der Waals surface area contributed by atoms with Crippen LogP contribution in [0, 0.1) is 0 Å². The van der Waals surface area contributed by atoms with E-state index in [0.717, 1.165) is 39.3 Å². The van der Waals surface area contributed by atoms with Crippen LogP contribution in [0.15, 0.2) is 0 Å². The number of nitrogens with zero attached hydrogens (tertiary/aromatic N) is 2. The molecule has 2 aliphatic heterocycles. The Kier molecular flexibility index (Phi) is 6.53. The molecule has 0 aromatic heterocycles. The van der Waals surface area contributed by atoms with Crippen molar-refractivity contribution >= 4 is 0 Å². The van der Waals surface area contributed by atoms with Gasteiger partial charge in [-0.1, -0.05) is 6.42 Å². The number of hydrogen-bond donors (Lipinski definition) is 1. The molecule has 2 heterocycles. The zero-order chi connectivity index (χ0) is 13.5. The van der Waals surface area contributed by atoms with Crippen LogP contribution < -0.4 is 0 Å². The second-order valence-corrected chi connectivity index (χ2v) is 5.60. The van der Waals surface area contributed by atoms with Crippen LogP contribution in [0.1, 0.15) is 19.3 Å². The second kappa shape index (κ2) is 8.17. The fourth-order valence-electron chi connectivity index (χ4n) is 3.08. The molecule has 0 aliphatic carbocycles. The highest BCUT2D eigenvalue weighted by Crippen LogP contribution is 2.20. The van der Waals surface area contributed by atoms with Crippen molar-refractivity contribution in [2.75, 3.05) is 59.7 Å². The maximum atomic E-state index is 10.2. The van der Waals surface area contributed by atoms with Crippen molar-refractivity contribution in [1.82, 2.24) is 9.80 Å². The molecule has 112 valence electrons. The van der Waals surface area contributed by atoms with Gasteiger partial charge in [0.15, 0.2) is 0 Å². The molecule has 19 heavy (non-hydrogen) atoms. The minimum Gasteiger partial charge on any atom is -0.390 e. The molecule has 2 atom stereocenters. The van der Waals surface area contributed by atoms with Crippen molar-refractivity contribution in [3.63, 3.8) is 0 Å². The zero-order valence-electron chi connectivity index (χ0n) is 12.1. The van der Waals surface area contributed by atoms with Gasteiger partial charge in [0.1, 0.15) is 0 Å². The smallest absolute Gasteiger partial charge is 0.0834 e. The SMILES string of the molecule is COCCOCCN1C[C@H](O)[C@@H](N2CCCCC2)C1. The van der Waals surface area contributed by atoms with E-state index in [-0.39, 0.29) is 6.10 Å². The third kappa shape index (κ3) is 4.68. The highest BCUT2D eigenvalue weighted by molar-refractivity contribution is 4.91. The van der Waals surface area contributed by atoms with E-state index in [4.69, 9.17) is 9.47 Å². The van der Waals surface area contributed by atoms with Crippen LogP contribution >= 0.6 is 0 Å². The number of β-amino-alcohol motifs (C(OH)–C–C–N with tert-alkyl or cyclic N) is 1. The molecule has 5 heteroatoms. The molecule has 2 aliphatic rings. The molecule has 5 nitrogen and oxygen atoms in total. The topological polar surface area (TPSA) is 45.2 Å². The van der Waals surface area contributed by atoms with Crippen LogP contribution in [0.3, 0.4) is 0 Å². The number of aliphatic hydroxyl groups excluding tert-OH is 1. The van der Waals surface area contributed by atoms with E-state index in [2.05, 4.69) is 9.80 Å². The highest BCUT2D eigenvalue weighted by Gasteiger charge is 2.35. The van der Waals surface area contributed by atoms with Crippen molar-refractivity contribution < 1.29 is 14.6 Å². The van der Waals surface area contributed by atoms with Crippen LogP contribution in [0.5, 0.6) is 0 Å². The lowest BCUT2D eigenvalue weighted by Gasteiger charge is -2.33. The lowest BCUT2D eigenvalue weighted by atomic mass is 10.1. The average Bonchev–Trinajstić information content (AvgIpc) is 2.81. The fraction of sp³-hybridized carbons (Fsp3) is 1.00. The molecule has 2 fully saturated rings. The molecule has 0 radical (unpaired) electrons. The van der Waals surface area contributed by atoms with Crippen LogP contribution in [0.25, 0.3) is 0 Å². The summed E-state index contributed by atoms with van der Waals surface area (Å²) in [5.74, 6) is 0. The van der Waals surface area contributed by atoms with Gasteiger partial charge >= 0.3 is 0 Å². The van der Waals surface area contributed by atoms with Gasteiger partial charge in [-0.05, 0) is 25.9 Å². The maximum absolute atomic E-state index is 10.2. The molecule has 0 aromatic carbocycles. The molecule has 1 N–H and O–H groups in total. The summed E-state index contributed by atoms with van der Waals surface area (Å²) < 4.78 is 10.4. The third-order valence-corrected chi connectivity index (χ3v) is 4.18. The Morgan fingerprint density at radius 2 is 1.84 bits per heavy atom. The van der Waals surface area contributed by atoms with Crippen molar-refractivity contribution in [3.8, 4) is 0 Å². The van der Waals surface area contributed by atoms with Crippen molar-refractivity contribution in [1.29, 1.82) is 0 Å². The number of likely N-dealkylation sites (tertiary alicyclic amines) is 2. The Labute approximate surface area is 116 Å². The summed E-state index contributed by atoms with van der Waals surface area (Å²) in [5.41, 5.74) is 0. The third-order valence-electron chi connectivity index (χ3n) is 4.18. The second-order valence-electron chi connectivity index (χ2n) is 5.60. The molecule has 0 saturated carbocycles. The van der Waals surface area contributed by atoms with Crippen LogP contribution in [-0.2, 0) is 9.47 Å². The van der Waals surface area contributed by atoms with E-state index in [9.17, 15) is 5.11 Å². The van der Waals surface area contributed by atoms with Crippen LogP contribution in [0.4, 0.5) is 0 Å². The van der Waals surface area contributed by atoms with Crippen molar-refractivity contribution in [2.24, 2.45) is 0 Å². The van der Waals surface area contributed by atoms with Gasteiger partial charge < -0.3 is 14.6 Å². The zero-order valence-corrected chi connectivity index (χ0v) is 12.1. The Bertz CT molecular complexity index is 247. The summed E-state index contributed by atoms with van der Waals surface area (Å²) in [6, 6.07) is 0.333. The Morgan fingerprint density at radius 1 is 1.05 bits per heavy atom. The first-order chi connectivity index (χ1) is 9.31. The van der Waals surface area contributed by atoms with Gasteiger partial charge in [-0.25, -0.2) is 0 Å². The number of piperidine rings is 1. The monoisotopic (exact) mass is 272 g/mol. The average molecular weight is 272 g/mol. The van der Waals surface area contributed by atoms with Gasteiger partial charge in [-0.3, -0.25) is 9.80 Å². The predicted molar refractivity (Wildman–Crippen MR) is 74.4 cm³/mol. The summed E-state index contributed by atoms with van der Waals surface area (Å²) in [4.78, 5) is 4.79. The molecule has 2 rings (SSSR count). The summed E-state index contributed by atoms with van der Waals surface area (Å²) in [5, 5.41) is 10.2. The first-order valence-corrected chi connectivity index (χ1v) is 7.52. The summed E-state index contributed by atoms with van der Waals surface area (Å²) in [6.07, 6.45) is 3.71. The summed E-state index contributed by atoms with van der Waals surface area (Å²) in [6.45, 7) is 7.01. The first kappa shape index (κ1) is 15.2. The van der Waals surface area contributed by atoms with Crippen molar-refractivity contribution in [2.45, 2.75) is 31.4 Å². The van der Waals surface area contributed by atoms with E-state index in [1.54, 1.807) is 7.11 Å². The number of hydrogen-bond acceptors (Lipinski definition) is 5. The molecule has 0 bridgehead atoms. The van der Waals surface area contributed by atoms with Gasteiger partial charge in [0, 0.05) is 32.8 Å². The maximum Gasteiger partial charge on any atom is 0.0834 e. The Hall–Kier alpha value is -0.200. The predicted octanol–water partition coefficient (Wildman–Crippen LogP) is 0.180. The molecular formula is C14H28N2O3. The number of rotatable bonds is 7. The Morgan fingerprint density at radius 3 is 2.58 bits per heavy atom. The van der Waals surface area contributed by atoms with Crippen molar-refractivity contribution in [3.05, 3.63) is 0 Å². The van der Waals surface area contributed by atoms with Gasteiger partial charge in [0.05, 0.1) is 25.9 Å². The number of aliphatic hydroxyl groups is 1. The summed E-state index contributed by atoms with van der Waals surface area (Å²) in [7, 11) is 1.68. The molecule has 0 spiro atoms. The van der Waals surface area contributed by atoms with E-state index >= 15 is 0 Å². The number of ether oxygens (including phenoxy) is 2. The Balaban J connectivity index is 1.65. The molecule has 2 saturated heterocycles. The minimum atomic E-state index is -0.197. The first-order valence-electron chi connectivity index (χ1n) is 7.52. The van der Waals surface area contributed by atoms with E-state index in [1.165, 1.54) is 19.3 Å². The molecule has 0 amide bonds. The van der Waals surface area contributed by atoms with E-state index in [1.807, 2.05) is 0 Å². The van der Waals surface area contributed by atoms with Crippen LogP contribution in [-0.4, -0.2) is 86.7 Å². The van der Waals surface area contributed by atoms with E-state index < -0.39 is 0 Å². The normalized spacial score (nSPS) is 30.0. The highest BCUT2D eigenvalue weighted by atomic mass is 16.5. The lowest BCUT2D eigenvalue weighted by Crippen LogP contribution is -2.45. The molecule has 0 aromatic rings.